The maximum atomic E-state index is 12.8. The van der Waals surface area contributed by atoms with Crippen LogP contribution in [0.1, 0.15) is 19.4 Å². The lowest BCUT2D eigenvalue weighted by Gasteiger charge is -2.22. The number of benzene rings is 1. The van der Waals surface area contributed by atoms with Gasteiger partial charge in [0.15, 0.2) is 0 Å². The molecule has 0 saturated heterocycles. The highest BCUT2D eigenvalue weighted by Gasteiger charge is 2.14. The van der Waals surface area contributed by atoms with Gasteiger partial charge in [-0.3, -0.25) is 9.59 Å². The van der Waals surface area contributed by atoms with Crippen LogP contribution in [0.4, 0.5) is 4.39 Å². The van der Waals surface area contributed by atoms with Gasteiger partial charge in [-0.15, -0.1) is 0 Å². The average molecular weight is 268 g/mol. The highest BCUT2D eigenvalue weighted by Crippen LogP contribution is 2.07. The molecule has 0 aliphatic heterocycles. The fourth-order valence-electron chi connectivity index (χ4n) is 1.34. The van der Waals surface area contributed by atoms with Crippen LogP contribution in [0.15, 0.2) is 24.3 Å². The van der Waals surface area contributed by atoms with Gasteiger partial charge in [0, 0.05) is 13.5 Å². The number of rotatable bonds is 6. The molecule has 1 atom stereocenters. The van der Waals surface area contributed by atoms with E-state index in [0.717, 1.165) is 5.56 Å². The first-order valence-corrected chi connectivity index (χ1v) is 5.81. The molecule has 0 saturated carbocycles. The van der Waals surface area contributed by atoms with Crippen molar-refractivity contribution in [1.82, 2.24) is 4.90 Å². The first-order valence-electron chi connectivity index (χ1n) is 5.81. The normalized spacial score (nSPS) is 11.9. The molecule has 0 unspecified atom stereocenters. The topological polar surface area (TPSA) is 72.6 Å². The van der Waals surface area contributed by atoms with Crippen molar-refractivity contribution in [1.29, 1.82) is 0 Å². The minimum atomic E-state index is -0.768. The SMILES string of the molecule is CC(=O)N(CO[C@H](C)C(N)=O)Cc1ccc(F)cc1. The molecule has 19 heavy (non-hydrogen) atoms. The molecule has 2 amide bonds. The number of carbonyl (C=O) groups is 2. The lowest BCUT2D eigenvalue weighted by molar-refractivity contribution is -0.143. The Morgan fingerprint density at radius 1 is 1.37 bits per heavy atom. The number of primary amides is 1. The Morgan fingerprint density at radius 3 is 2.42 bits per heavy atom. The molecule has 0 heterocycles. The predicted octanol–water partition coefficient (Wildman–Crippen LogP) is 1.02. The Morgan fingerprint density at radius 2 is 1.95 bits per heavy atom. The smallest absolute Gasteiger partial charge is 0.246 e. The third-order valence-electron chi connectivity index (χ3n) is 2.61. The molecule has 0 aromatic heterocycles. The van der Waals surface area contributed by atoms with Crippen LogP contribution in [0.3, 0.4) is 0 Å². The Balaban J connectivity index is 2.60. The number of hydrogen-bond donors (Lipinski definition) is 1. The van der Waals surface area contributed by atoms with Crippen molar-refractivity contribution in [2.45, 2.75) is 26.5 Å². The Bertz CT molecular complexity index is 448. The van der Waals surface area contributed by atoms with Gasteiger partial charge >= 0.3 is 0 Å². The standard InChI is InChI=1S/C13H17FN2O3/c1-9(13(15)18)19-8-16(10(2)17)7-11-3-5-12(14)6-4-11/h3-6,9H,7-8H2,1-2H3,(H2,15,18)/t9-/m1/s1. The quantitative estimate of drug-likeness (QED) is 0.783. The number of halogens is 1. The summed E-state index contributed by atoms with van der Waals surface area (Å²) < 4.78 is 17.9. The highest BCUT2D eigenvalue weighted by molar-refractivity contribution is 5.78. The molecule has 0 spiro atoms. The van der Waals surface area contributed by atoms with Crippen molar-refractivity contribution in [2.75, 3.05) is 6.73 Å². The largest absolute Gasteiger partial charge is 0.367 e. The van der Waals surface area contributed by atoms with Gasteiger partial charge in [-0.2, -0.15) is 0 Å². The summed E-state index contributed by atoms with van der Waals surface area (Å²) in [6, 6.07) is 5.81. The molecule has 0 aliphatic rings. The van der Waals surface area contributed by atoms with Crippen molar-refractivity contribution in [2.24, 2.45) is 5.73 Å². The summed E-state index contributed by atoms with van der Waals surface area (Å²) in [6.45, 7) is 3.14. The number of ether oxygens (including phenoxy) is 1. The van der Waals surface area contributed by atoms with Crippen molar-refractivity contribution in [3.05, 3.63) is 35.6 Å². The molecular weight excluding hydrogens is 251 g/mol. The van der Waals surface area contributed by atoms with E-state index in [-0.39, 0.29) is 25.0 Å². The van der Waals surface area contributed by atoms with Crippen LogP contribution < -0.4 is 5.73 Å². The van der Waals surface area contributed by atoms with Crippen molar-refractivity contribution in [3.63, 3.8) is 0 Å². The molecule has 1 aromatic rings. The van der Waals surface area contributed by atoms with Gasteiger partial charge in [0.2, 0.25) is 11.8 Å². The monoisotopic (exact) mass is 268 g/mol. The van der Waals surface area contributed by atoms with E-state index in [9.17, 15) is 14.0 Å². The van der Waals surface area contributed by atoms with Gasteiger partial charge in [-0.25, -0.2) is 4.39 Å². The van der Waals surface area contributed by atoms with Crippen LogP contribution in [0.25, 0.3) is 0 Å². The van der Waals surface area contributed by atoms with E-state index < -0.39 is 12.0 Å². The average Bonchev–Trinajstić information content (AvgIpc) is 2.35. The molecule has 1 aromatic carbocycles. The first-order chi connectivity index (χ1) is 8.90. The zero-order valence-electron chi connectivity index (χ0n) is 10.9. The van der Waals surface area contributed by atoms with E-state index in [1.54, 1.807) is 12.1 Å². The third kappa shape index (κ3) is 5.05. The highest BCUT2D eigenvalue weighted by atomic mass is 19.1. The lowest BCUT2D eigenvalue weighted by atomic mass is 10.2. The molecule has 0 radical (unpaired) electrons. The zero-order chi connectivity index (χ0) is 14.4. The van der Waals surface area contributed by atoms with Crippen LogP contribution >= 0.6 is 0 Å². The number of nitrogens with zero attached hydrogens (tertiary/aromatic N) is 1. The fourth-order valence-corrected chi connectivity index (χ4v) is 1.34. The maximum Gasteiger partial charge on any atom is 0.246 e. The van der Waals surface area contributed by atoms with Gasteiger partial charge in [-0.05, 0) is 24.6 Å². The van der Waals surface area contributed by atoms with Crippen molar-refractivity contribution < 1.29 is 18.7 Å². The second-order valence-corrected chi connectivity index (χ2v) is 4.18. The molecule has 104 valence electrons. The molecule has 6 heteroatoms. The van der Waals surface area contributed by atoms with Gasteiger partial charge in [-0.1, -0.05) is 12.1 Å². The van der Waals surface area contributed by atoms with E-state index in [1.165, 1.54) is 30.9 Å². The van der Waals surface area contributed by atoms with E-state index in [4.69, 9.17) is 10.5 Å². The summed E-state index contributed by atoms with van der Waals surface area (Å²) in [7, 11) is 0. The van der Waals surface area contributed by atoms with E-state index in [2.05, 4.69) is 0 Å². The zero-order valence-corrected chi connectivity index (χ0v) is 10.9. The predicted molar refractivity (Wildman–Crippen MR) is 67.2 cm³/mol. The van der Waals surface area contributed by atoms with Crippen LogP contribution in [0.5, 0.6) is 0 Å². The second kappa shape index (κ2) is 6.84. The van der Waals surface area contributed by atoms with E-state index in [0.29, 0.717) is 0 Å². The Kier molecular flexibility index (Phi) is 5.44. The second-order valence-electron chi connectivity index (χ2n) is 4.18. The van der Waals surface area contributed by atoms with Gasteiger partial charge < -0.3 is 15.4 Å². The molecule has 2 N–H and O–H groups in total. The maximum absolute atomic E-state index is 12.8. The van der Waals surface area contributed by atoms with Crippen molar-refractivity contribution in [3.8, 4) is 0 Å². The molecule has 0 bridgehead atoms. The summed E-state index contributed by atoms with van der Waals surface area (Å²) in [6.07, 6.45) is -0.768. The van der Waals surface area contributed by atoms with Gasteiger partial charge in [0.1, 0.15) is 18.7 Å². The van der Waals surface area contributed by atoms with Crippen LogP contribution in [-0.2, 0) is 20.9 Å². The minimum Gasteiger partial charge on any atom is -0.367 e. The van der Waals surface area contributed by atoms with Crippen molar-refractivity contribution >= 4 is 11.8 Å². The van der Waals surface area contributed by atoms with E-state index in [1.807, 2.05) is 0 Å². The fraction of sp³-hybridized carbons (Fsp3) is 0.385. The van der Waals surface area contributed by atoms with Crippen LogP contribution in [-0.4, -0.2) is 29.5 Å². The molecular formula is C13H17FN2O3. The summed E-state index contributed by atoms with van der Waals surface area (Å²) in [5.41, 5.74) is 5.83. The van der Waals surface area contributed by atoms with Gasteiger partial charge in [0.05, 0.1) is 0 Å². The number of carbonyl (C=O) groups excluding carboxylic acids is 2. The minimum absolute atomic E-state index is 0.0448. The van der Waals surface area contributed by atoms with E-state index >= 15 is 0 Å². The Labute approximate surface area is 111 Å². The Hall–Kier alpha value is -1.95. The lowest BCUT2D eigenvalue weighted by Crippen LogP contribution is -2.36. The molecule has 0 fully saturated rings. The summed E-state index contributed by atoms with van der Waals surface area (Å²) in [5, 5.41) is 0. The first kappa shape index (κ1) is 15.1. The third-order valence-corrected chi connectivity index (χ3v) is 2.61. The molecule has 5 nitrogen and oxygen atoms in total. The van der Waals surface area contributed by atoms with Crippen LogP contribution in [0, 0.1) is 5.82 Å². The summed E-state index contributed by atoms with van der Waals surface area (Å²) in [4.78, 5) is 23.7. The number of hydrogen-bond acceptors (Lipinski definition) is 3. The van der Waals surface area contributed by atoms with Gasteiger partial charge in [0.25, 0.3) is 0 Å². The molecule has 1 rings (SSSR count). The molecule has 0 aliphatic carbocycles. The summed E-state index contributed by atoms with van der Waals surface area (Å²) in [5.74, 6) is -1.14. The number of amides is 2. The summed E-state index contributed by atoms with van der Waals surface area (Å²) >= 11 is 0. The van der Waals surface area contributed by atoms with Crippen LogP contribution in [0.2, 0.25) is 0 Å². The number of nitrogens with two attached hydrogens (primary N) is 1.